The van der Waals surface area contributed by atoms with Gasteiger partial charge in [-0.25, -0.2) is 4.79 Å². The van der Waals surface area contributed by atoms with E-state index in [1.165, 1.54) is 12.7 Å². The van der Waals surface area contributed by atoms with Crippen molar-refractivity contribution >= 4 is 5.97 Å². The van der Waals surface area contributed by atoms with Crippen LogP contribution < -0.4 is 0 Å². The van der Waals surface area contributed by atoms with Crippen LogP contribution in [0.1, 0.15) is 34.2 Å². The van der Waals surface area contributed by atoms with Gasteiger partial charge in [-0.15, -0.1) is 0 Å². The molecule has 0 saturated carbocycles. The number of hydrogen-bond donors (Lipinski definition) is 0. The molecule has 1 aromatic heterocycles. The van der Waals surface area contributed by atoms with E-state index in [-0.39, 0.29) is 5.97 Å². The van der Waals surface area contributed by atoms with E-state index in [1.54, 1.807) is 0 Å². The number of carbonyl (C=O) groups excluding carboxylic acids is 1. The van der Waals surface area contributed by atoms with Crippen molar-refractivity contribution in [3.63, 3.8) is 0 Å². The number of aryl methyl sites for hydroxylation is 3. The predicted octanol–water partition coefficient (Wildman–Crippen LogP) is 2.78. The number of rotatable bonds is 5. The maximum Gasteiger partial charge on any atom is 0.341 e. The third kappa shape index (κ3) is 2.90. The van der Waals surface area contributed by atoms with Crippen LogP contribution in [0.15, 0.2) is 30.3 Å². The van der Waals surface area contributed by atoms with Crippen LogP contribution in [0.2, 0.25) is 0 Å². The average molecular weight is 272 g/mol. The van der Waals surface area contributed by atoms with Gasteiger partial charge >= 0.3 is 5.97 Å². The highest BCUT2D eigenvalue weighted by molar-refractivity contribution is 5.91. The zero-order valence-electron chi connectivity index (χ0n) is 12.2. The summed E-state index contributed by atoms with van der Waals surface area (Å²) < 4.78 is 6.74. The molecule has 2 rings (SSSR count). The molecule has 0 aliphatic carbocycles. The number of esters is 1. The summed E-state index contributed by atoms with van der Waals surface area (Å²) >= 11 is 0. The number of benzene rings is 1. The maximum atomic E-state index is 11.8. The predicted molar refractivity (Wildman–Crippen MR) is 77.8 cm³/mol. The molecule has 1 aromatic carbocycles. The Balaban J connectivity index is 2.20. The number of hydrogen-bond acceptors (Lipinski definition) is 3. The fraction of sp³-hybridized carbons (Fsp3) is 0.375. The van der Waals surface area contributed by atoms with Crippen LogP contribution in [-0.2, 0) is 24.1 Å². The fourth-order valence-corrected chi connectivity index (χ4v) is 2.32. The van der Waals surface area contributed by atoms with Crippen LogP contribution >= 0.6 is 0 Å². The third-order valence-corrected chi connectivity index (χ3v) is 3.46. The van der Waals surface area contributed by atoms with Gasteiger partial charge in [0.25, 0.3) is 0 Å². The van der Waals surface area contributed by atoms with Gasteiger partial charge in [0.1, 0.15) is 5.56 Å². The molecule has 0 fully saturated rings. The van der Waals surface area contributed by atoms with Crippen LogP contribution in [0, 0.1) is 6.92 Å². The molecular formula is C16H20N2O2. The minimum absolute atomic E-state index is 0.301. The second kappa shape index (κ2) is 6.37. The second-order valence-electron chi connectivity index (χ2n) is 4.71. The Morgan fingerprint density at radius 1 is 1.30 bits per heavy atom. The molecule has 0 spiro atoms. The van der Waals surface area contributed by atoms with Gasteiger partial charge in [0.2, 0.25) is 0 Å². The van der Waals surface area contributed by atoms with Gasteiger partial charge in [0.15, 0.2) is 0 Å². The summed E-state index contributed by atoms with van der Waals surface area (Å²) in [7, 11) is 1.41. The zero-order chi connectivity index (χ0) is 14.5. The van der Waals surface area contributed by atoms with Crippen molar-refractivity contribution in [2.75, 3.05) is 7.11 Å². The smallest absolute Gasteiger partial charge is 0.341 e. The van der Waals surface area contributed by atoms with Crippen molar-refractivity contribution in [2.24, 2.45) is 0 Å². The summed E-state index contributed by atoms with van der Waals surface area (Å²) in [5, 5.41) is 4.53. The number of carbonyl (C=O) groups is 1. The number of methoxy groups -OCH3 is 1. The van der Waals surface area contributed by atoms with Gasteiger partial charge in [0.05, 0.1) is 18.5 Å². The number of ether oxygens (including phenoxy) is 1. The van der Waals surface area contributed by atoms with Crippen LogP contribution in [-0.4, -0.2) is 22.9 Å². The molecule has 0 amide bonds. The van der Waals surface area contributed by atoms with Crippen LogP contribution in [0.3, 0.4) is 0 Å². The normalized spacial score (nSPS) is 10.6. The lowest BCUT2D eigenvalue weighted by Gasteiger charge is -2.05. The monoisotopic (exact) mass is 272 g/mol. The summed E-state index contributed by atoms with van der Waals surface area (Å²) in [6.07, 6.45) is 1.62. The molecule has 0 bridgehead atoms. The topological polar surface area (TPSA) is 44.1 Å². The van der Waals surface area contributed by atoms with Crippen molar-refractivity contribution in [3.05, 3.63) is 52.8 Å². The van der Waals surface area contributed by atoms with E-state index in [0.29, 0.717) is 5.56 Å². The van der Waals surface area contributed by atoms with Crippen molar-refractivity contribution in [2.45, 2.75) is 33.2 Å². The molecule has 0 unspecified atom stereocenters. The molecule has 0 aliphatic heterocycles. The molecule has 20 heavy (non-hydrogen) atoms. The summed E-state index contributed by atoms with van der Waals surface area (Å²) in [5.74, 6) is -0.301. The molecular weight excluding hydrogens is 252 g/mol. The fourth-order valence-electron chi connectivity index (χ4n) is 2.32. The van der Waals surface area contributed by atoms with E-state index in [9.17, 15) is 4.79 Å². The Morgan fingerprint density at radius 2 is 2.00 bits per heavy atom. The first kappa shape index (κ1) is 14.3. The summed E-state index contributed by atoms with van der Waals surface area (Å²) in [4.78, 5) is 11.8. The molecule has 0 radical (unpaired) electrons. The Labute approximate surface area is 119 Å². The van der Waals surface area contributed by atoms with Gasteiger partial charge in [-0.05, 0) is 25.3 Å². The Hall–Kier alpha value is -2.10. The quantitative estimate of drug-likeness (QED) is 0.786. The molecule has 0 atom stereocenters. The molecule has 0 N–H and O–H groups in total. The first-order valence-electron chi connectivity index (χ1n) is 6.85. The highest BCUT2D eigenvalue weighted by atomic mass is 16.5. The number of nitrogens with zero attached hydrogens (tertiary/aromatic N) is 2. The minimum Gasteiger partial charge on any atom is -0.465 e. The maximum absolute atomic E-state index is 11.8. The zero-order valence-corrected chi connectivity index (χ0v) is 12.2. The second-order valence-corrected chi connectivity index (χ2v) is 4.71. The Kier molecular flexibility index (Phi) is 4.56. The first-order valence-corrected chi connectivity index (χ1v) is 6.85. The highest BCUT2D eigenvalue weighted by Gasteiger charge is 2.20. The van der Waals surface area contributed by atoms with Gasteiger partial charge in [-0.3, -0.25) is 4.68 Å². The van der Waals surface area contributed by atoms with Crippen LogP contribution in [0.5, 0.6) is 0 Å². The van der Waals surface area contributed by atoms with Crippen molar-refractivity contribution in [1.82, 2.24) is 9.78 Å². The lowest BCUT2D eigenvalue weighted by molar-refractivity contribution is 0.0598. The minimum atomic E-state index is -0.301. The number of aromatic nitrogens is 2. The Bertz CT molecular complexity index is 588. The average Bonchev–Trinajstić information content (AvgIpc) is 2.81. The van der Waals surface area contributed by atoms with Crippen molar-refractivity contribution < 1.29 is 9.53 Å². The van der Waals surface area contributed by atoms with Gasteiger partial charge in [0, 0.05) is 6.54 Å². The van der Waals surface area contributed by atoms with E-state index in [0.717, 1.165) is 30.8 Å². The van der Waals surface area contributed by atoms with Gasteiger partial charge in [-0.2, -0.15) is 5.10 Å². The summed E-state index contributed by atoms with van der Waals surface area (Å²) in [6, 6.07) is 10.3. The van der Waals surface area contributed by atoms with E-state index in [4.69, 9.17) is 4.74 Å². The van der Waals surface area contributed by atoms with Crippen molar-refractivity contribution in [1.29, 1.82) is 0 Å². The lowest BCUT2D eigenvalue weighted by Crippen LogP contribution is -2.08. The van der Waals surface area contributed by atoms with E-state index in [2.05, 4.69) is 17.2 Å². The van der Waals surface area contributed by atoms with Gasteiger partial charge in [-0.1, -0.05) is 37.3 Å². The Morgan fingerprint density at radius 3 is 2.60 bits per heavy atom. The highest BCUT2D eigenvalue weighted by Crippen LogP contribution is 2.16. The van der Waals surface area contributed by atoms with Gasteiger partial charge < -0.3 is 4.74 Å². The molecule has 106 valence electrons. The summed E-state index contributed by atoms with van der Waals surface area (Å²) in [5.41, 5.74) is 3.56. The third-order valence-electron chi connectivity index (χ3n) is 3.46. The molecule has 4 heteroatoms. The van der Waals surface area contributed by atoms with Crippen LogP contribution in [0.4, 0.5) is 0 Å². The molecule has 0 aliphatic rings. The van der Waals surface area contributed by atoms with Crippen molar-refractivity contribution in [3.8, 4) is 0 Å². The summed E-state index contributed by atoms with van der Waals surface area (Å²) in [6.45, 7) is 4.68. The molecule has 2 aromatic rings. The van der Waals surface area contributed by atoms with E-state index >= 15 is 0 Å². The SMILES string of the molecule is CCc1nn(CCc2ccccc2)c(C)c1C(=O)OC. The standard InChI is InChI=1S/C16H20N2O2/c1-4-14-15(16(19)20-3)12(2)18(17-14)11-10-13-8-6-5-7-9-13/h5-9H,4,10-11H2,1-3H3. The largest absolute Gasteiger partial charge is 0.465 e. The van der Waals surface area contributed by atoms with Crippen LogP contribution in [0.25, 0.3) is 0 Å². The molecule has 1 heterocycles. The molecule has 0 saturated heterocycles. The molecule has 4 nitrogen and oxygen atoms in total. The first-order chi connectivity index (χ1) is 9.67. The van der Waals surface area contributed by atoms with E-state index < -0.39 is 0 Å². The van der Waals surface area contributed by atoms with E-state index in [1.807, 2.05) is 36.7 Å². The lowest BCUT2D eigenvalue weighted by atomic mass is 10.1.